The number of rotatable bonds is 10. The molecule has 0 fully saturated rings. The predicted octanol–water partition coefficient (Wildman–Crippen LogP) is 1.71. The number of amides is 2. The van der Waals surface area contributed by atoms with E-state index in [1.165, 1.54) is 7.11 Å². The van der Waals surface area contributed by atoms with E-state index in [0.29, 0.717) is 32.2 Å². The summed E-state index contributed by atoms with van der Waals surface area (Å²) in [6.45, 7) is 9.75. The van der Waals surface area contributed by atoms with Crippen molar-refractivity contribution in [2.45, 2.75) is 78.0 Å². The first kappa shape index (κ1) is 24.2. The second-order valence-electron chi connectivity index (χ2n) is 7.74. The molecule has 0 radical (unpaired) electrons. The molecule has 2 amide bonds. The molecule has 2 unspecified atom stereocenters. The second-order valence-corrected chi connectivity index (χ2v) is 7.74. The fraction of sp³-hybridized carbons (Fsp3) is 0.833. The molecule has 0 aromatic rings. The number of hydrogen-bond acceptors (Lipinski definition) is 6. The predicted molar refractivity (Wildman–Crippen MR) is 99.5 cm³/mol. The first-order chi connectivity index (χ1) is 12.0. The Kier molecular flexibility index (Phi) is 10.9. The fourth-order valence-corrected chi connectivity index (χ4v) is 2.26. The normalized spacial score (nSPS) is 13.7. The monoisotopic (exact) mass is 373 g/mol. The van der Waals surface area contributed by atoms with Crippen LogP contribution in [-0.2, 0) is 19.1 Å². The number of nitrogens with two attached hydrogens (primary N) is 1. The van der Waals surface area contributed by atoms with Crippen LogP contribution in [0.2, 0.25) is 0 Å². The van der Waals surface area contributed by atoms with Gasteiger partial charge in [-0.05, 0) is 52.4 Å². The first-order valence-corrected chi connectivity index (χ1v) is 9.07. The molecule has 2 atom stereocenters. The Morgan fingerprint density at radius 3 is 2.23 bits per heavy atom. The Morgan fingerprint density at radius 2 is 1.73 bits per heavy atom. The molecule has 0 spiro atoms. The summed E-state index contributed by atoms with van der Waals surface area (Å²) >= 11 is 0. The summed E-state index contributed by atoms with van der Waals surface area (Å²) in [6, 6.07) is -1.40. The largest absolute Gasteiger partial charge is 0.467 e. The highest BCUT2D eigenvalue weighted by Crippen LogP contribution is 2.08. The molecular weight excluding hydrogens is 338 g/mol. The minimum absolute atomic E-state index is 0.284. The summed E-state index contributed by atoms with van der Waals surface area (Å²) in [5.74, 6) is -0.581. The van der Waals surface area contributed by atoms with Crippen molar-refractivity contribution in [3.63, 3.8) is 0 Å². The third-order valence-corrected chi connectivity index (χ3v) is 3.45. The van der Waals surface area contributed by atoms with Gasteiger partial charge in [0.2, 0.25) is 5.91 Å². The number of alkyl carbamates (subject to hydrolysis) is 1. The number of carbonyl (C=O) groups is 3. The van der Waals surface area contributed by atoms with Crippen molar-refractivity contribution in [2.24, 2.45) is 11.7 Å². The summed E-state index contributed by atoms with van der Waals surface area (Å²) in [5.41, 5.74) is 5.30. The smallest absolute Gasteiger partial charge is 0.407 e. The minimum atomic E-state index is -0.743. The molecule has 8 heteroatoms. The standard InChI is InChI=1S/C18H35N3O5/c1-12(2)11-13(19)15(22)21-14(16(23)25-6)9-7-8-10-20-17(24)26-18(3,4)5/h12-14H,7-11,19H2,1-6H3,(H,20,24)(H,21,22). The van der Waals surface area contributed by atoms with Gasteiger partial charge in [-0.25, -0.2) is 9.59 Å². The average molecular weight is 373 g/mol. The third-order valence-electron chi connectivity index (χ3n) is 3.45. The van der Waals surface area contributed by atoms with E-state index in [9.17, 15) is 14.4 Å². The van der Waals surface area contributed by atoms with Gasteiger partial charge in [-0.1, -0.05) is 13.8 Å². The zero-order chi connectivity index (χ0) is 20.3. The van der Waals surface area contributed by atoms with E-state index in [-0.39, 0.29) is 11.8 Å². The van der Waals surface area contributed by atoms with Crippen LogP contribution in [0.1, 0.15) is 60.3 Å². The first-order valence-electron chi connectivity index (χ1n) is 9.07. The van der Waals surface area contributed by atoms with Crippen molar-refractivity contribution in [2.75, 3.05) is 13.7 Å². The van der Waals surface area contributed by atoms with E-state index in [0.717, 1.165) is 0 Å². The lowest BCUT2D eigenvalue weighted by Gasteiger charge is -2.21. The second kappa shape index (κ2) is 11.7. The lowest BCUT2D eigenvalue weighted by molar-refractivity contribution is -0.145. The molecule has 0 heterocycles. The number of hydrogen-bond donors (Lipinski definition) is 3. The highest BCUT2D eigenvalue weighted by atomic mass is 16.6. The Balaban J connectivity index is 4.29. The molecule has 0 rings (SSSR count). The summed E-state index contributed by atoms with van der Waals surface area (Å²) < 4.78 is 9.88. The van der Waals surface area contributed by atoms with Gasteiger partial charge in [-0.15, -0.1) is 0 Å². The van der Waals surface area contributed by atoms with Gasteiger partial charge in [0.1, 0.15) is 11.6 Å². The quantitative estimate of drug-likeness (QED) is 0.396. The molecule has 0 aliphatic carbocycles. The van der Waals surface area contributed by atoms with Crippen LogP contribution in [0.25, 0.3) is 0 Å². The number of ether oxygens (including phenoxy) is 2. The van der Waals surface area contributed by atoms with E-state index in [1.54, 1.807) is 20.8 Å². The summed E-state index contributed by atoms with van der Waals surface area (Å²) in [4.78, 5) is 35.5. The van der Waals surface area contributed by atoms with Crippen LogP contribution in [0.4, 0.5) is 4.79 Å². The summed E-state index contributed by atoms with van der Waals surface area (Å²) in [6.07, 6.45) is 1.73. The van der Waals surface area contributed by atoms with Crippen molar-refractivity contribution in [3.05, 3.63) is 0 Å². The molecular formula is C18H35N3O5. The Labute approximate surface area is 156 Å². The Morgan fingerprint density at radius 1 is 1.12 bits per heavy atom. The van der Waals surface area contributed by atoms with Gasteiger partial charge in [-0.3, -0.25) is 4.79 Å². The van der Waals surface area contributed by atoms with Crippen LogP contribution >= 0.6 is 0 Å². The maximum Gasteiger partial charge on any atom is 0.407 e. The molecule has 0 saturated heterocycles. The number of esters is 1. The highest BCUT2D eigenvalue weighted by molar-refractivity contribution is 5.87. The van der Waals surface area contributed by atoms with E-state index in [4.69, 9.17) is 15.2 Å². The lowest BCUT2D eigenvalue weighted by Crippen LogP contribution is -2.49. The molecule has 0 aromatic carbocycles. The fourth-order valence-electron chi connectivity index (χ4n) is 2.26. The maximum atomic E-state index is 12.1. The van der Waals surface area contributed by atoms with Gasteiger partial charge in [0, 0.05) is 6.54 Å². The molecule has 0 aliphatic heterocycles. The lowest BCUT2D eigenvalue weighted by atomic mass is 10.0. The number of nitrogens with one attached hydrogen (secondary N) is 2. The molecule has 0 aromatic heterocycles. The van der Waals surface area contributed by atoms with Gasteiger partial charge < -0.3 is 25.8 Å². The Hall–Kier alpha value is -1.83. The van der Waals surface area contributed by atoms with Gasteiger partial charge >= 0.3 is 12.1 Å². The maximum absolute atomic E-state index is 12.1. The molecule has 0 bridgehead atoms. The van der Waals surface area contributed by atoms with Crippen LogP contribution in [0, 0.1) is 5.92 Å². The van der Waals surface area contributed by atoms with E-state index < -0.39 is 29.7 Å². The molecule has 152 valence electrons. The van der Waals surface area contributed by atoms with E-state index in [2.05, 4.69) is 10.6 Å². The average Bonchev–Trinajstić information content (AvgIpc) is 2.49. The van der Waals surface area contributed by atoms with E-state index >= 15 is 0 Å². The molecule has 0 saturated carbocycles. The van der Waals surface area contributed by atoms with Crippen LogP contribution in [0.3, 0.4) is 0 Å². The van der Waals surface area contributed by atoms with Crippen LogP contribution < -0.4 is 16.4 Å². The van der Waals surface area contributed by atoms with Crippen LogP contribution in [0.5, 0.6) is 0 Å². The van der Waals surface area contributed by atoms with Gasteiger partial charge in [0.25, 0.3) is 0 Å². The Bertz CT molecular complexity index is 460. The van der Waals surface area contributed by atoms with Crippen molar-refractivity contribution in [1.29, 1.82) is 0 Å². The zero-order valence-electron chi connectivity index (χ0n) is 16.9. The van der Waals surface area contributed by atoms with Crippen molar-refractivity contribution in [3.8, 4) is 0 Å². The summed E-state index contributed by atoms with van der Waals surface area (Å²) in [7, 11) is 1.28. The van der Waals surface area contributed by atoms with Crippen molar-refractivity contribution >= 4 is 18.0 Å². The minimum Gasteiger partial charge on any atom is -0.467 e. The SMILES string of the molecule is COC(=O)C(CCCCNC(=O)OC(C)(C)C)NC(=O)C(N)CC(C)C. The molecule has 26 heavy (non-hydrogen) atoms. The molecule has 4 N–H and O–H groups in total. The number of carbonyl (C=O) groups excluding carboxylic acids is 3. The van der Waals surface area contributed by atoms with E-state index in [1.807, 2.05) is 13.8 Å². The number of unbranched alkanes of at least 4 members (excludes halogenated alkanes) is 1. The summed E-state index contributed by atoms with van der Waals surface area (Å²) in [5, 5.41) is 5.31. The van der Waals surface area contributed by atoms with Gasteiger partial charge in [-0.2, -0.15) is 0 Å². The van der Waals surface area contributed by atoms with Crippen molar-refractivity contribution < 1.29 is 23.9 Å². The van der Waals surface area contributed by atoms with Crippen LogP contribution in [0.15, 0.2) is 0 Å². The number of methoxy groups -OCH3 is 1. The third kappa shape index (κ3) is 11.7. The topological polar surface area (TPSA) is 120 Å². The zero-order valence-corrected chi connectivity index (χ0v) is 16.9. The molecule has 8 nitrogen and oxygen atoms in total. The highest BCUT2D eigenvalue weighted by Gasteiger charge is 2.24. The van der Waals surface area contributed by atoms with Gasteiger partial charge in [0.15, 0.2) is 0 Å². The molecule has 0 aliphatic rings. The van der Waals surface area contributed by atoms with Gasteiger partial charge in [0.05, 0.1) is 13.2 Å². The van der Waals surface area contributed by atoms with Crippen LogP contribution in [-0.4, -0.2) is 49.3 Å². The van der Waals surface area contributed by atoms with Crippen molar-refractivity contribution in [1.82, 2.24) is 10.6 Å².